The smallest absolute Gasteiger partial charge is 0.0700 e. The van der Waals surface area contributed by atoms with Gasteiger partial charge in [-0.15, -0.1) is 0 Å². The topological polar surface area (TPSA) is 39.7 Å². The zero-order chi connectivity index (χ0) is 14.3. The Balaban J connectivity index is 1.75. The summed E-state index contributed by atoms with van der Waals surface area (Å²) < 4.78 is 16.7. The van der Waals surface area contributed by atoms with Crippen LogP contribution in [0.3, 0.4) is 0 Å². The highest BCUT2D eigenvalue weighted by Gasteiger charge is 2.41. The third kappa shape index (κ3) is 4.42. The quantitative estimate of drug-likeness (QED) is 0.695. The second-order valence-corrected chi connectivity index (χ2v) is 6.28. The summed E-state index contributed by atoms with van der Waals surface area (Å²) in [6, 6.07) is 0.555. The molecule has 0 amide bonds. The van der Waals surface area contributed by atoms with Crippen LogP contribution >= 0.6 is 0 Å². The number of methoxy groups -OCH3 is 1. The zero-order valence-corrected chi connectivity index (χ0v) is 13.2. The predicted molar refractivity (Wildman–Crippen MR) is 80.0 cm³/mol. The van der Waals surface area contributed by atoms with Crippen molar-refractivity contribution in [1.29, 1.82) is 0 Å². The van der Waals surface area contributed by atoms with Crippen molar-refractivity contribution in [2.75, 3.05) is 40.6 Å². The molecule has 1 heterocycles. The summed E-state index contributed by atoms with van der Waals surface area (Å²) >= 11 is 0. The van der Waals surface area contributed by atoms with Crippen LogP contribution < -0.4 is 5.32 Å². The molecule has 2 aliphatic rings. The highest BCUT2D eigenvalue weighted by molar-refractivity contribution is 4.94. The molecular formula is C16H31NO3. The lowest BCUT2D eigenvalue weighted by atomic mass is 9.80. The molecule has 4 heteroatoms. The molecular weight excluding hydrogens is 254 g/mol. The van der Waals surface area contributed by atoms with Gasteiger partial charge in [-0.2, -0.15) is 0 Å². The molecule has 1 N–H and O–H groups in total. The van der Waals surface area contributed by atoms with Crippen LogP contribution in [-0.4, -0.2) is 52.2 Å². The fourth-order valence-electron chi connectivity index (χ4n) is 3.85. The molecule has 0 aromatic rings. The number of ether oxygens (including phenoxy) is 3. The molecule has 0 radical (unpaired) electrons. The number of hydrogen-bond donors (Lipinski definition) is 1. The molecule has 1 aliphatic heterocycles. The van der Waals surface area contributed by atoms with Crippen LogP contribution in [0, 0.1) is 5.92 Å². The van der Waals surface area contributed by atoms with E-state index in [0.29, 0.717) is 19.3 Å². The van der Waals surface area contributed by atoms with E-state index in [0.717, 1.165) is 25.6 Å². The van der Waals surface area contributed by atoms with Gasteiger partial charge < -0.3 is 19.5 Å². The molecule has 1 saturated heterocycles. The molecule has 2 fully saturated rings. The fourth-order valence-corrected chi connectivity index (χ4v) is 3.85. The number of rotatable bonds is 8. The molecule has 4 nitrogen and oxygen atoms in total. The van der Waals surface area contributed by atoms with E-state index < -0.39 is 0 Å². The van der Waals surface area contributed by atoms with E-state index in [9.17, 15) is 0 Å². The minimum Gasteiger partial charge on any atom is -0.382 e. The largest absolute Gasteiger partial charge is 0.382 e. The second kappa shape index (κ2) is 8.32. The molecule has 2 atom stereocenters. The van der Waals surface area contributed by atoms with Crippen molar-refractivity contribution < 1.29 is 14.2 Å². The third-order valence-corrected chi connectivity index (χ3v) is 4.99. The minimum atomic E-state index is 0.217. The Morgan fingerprint density at radius 3 is 2.75 bits per heavy atom. The summed E-state index contributed by atoms with van der Waals surface area (Å²) in [6.45, 7) is 3.14. The van der Waals surface area contributed by atoms with E-state index >= 15 is 0 Å². The Labute approximate surface area is 123 Å². The molecule has 2 unspecified atom stereocenters. The van der Waals surface area contributed by atoms with Gasteiger partial charge >= 0.3 is 0 Å². The van der Waals surface area contributed by atoms with Crippen molar-refractivity contribution in [1.82, 2.24) is 5.32 Å². The molecule has 1 saturated carbocycles. The minimum absolute atomic E-state index is 0.217. The van der Waals surface area contributed by atoms with Gasteiger partial charge in [-0.3, -0.25) is 0 Å². The third-order valence-electron chi connectivity index (χ3n) is 4.99. The van der Waals surface area contributed by atoms with Crippen molar-refractivity contribution in [3.8, 4) is 0 Å². The first kappa shape index (κ1) is 16.2. The van der Waals surface area contributed by atoms with Crippen molar-refractivity contribution in [2.24, 2.45) is 5.92 Å². The van der Waals surface area contributed by atoms with Crippen LogP contribution in [0.5, 0.6) is 0 Å². The molecule has 20 heavy (non-hydrogen) atoms. The highest BCUT2D eigenvalue weighted by Crippen LogP contribution is 2.43. The van der Waals surface area contributed by atoms with Gasteiger partial charge in [-0.25, -0.2) is 0 Å². The monoisotopic (exact) mass is 285 g/mol. The molecule has 1 aliphatic carbocycles. The summed E-state index contributed by atoms with van der Waals surface area (Å²) in [5, 5.41) is 3.50. The molecule has 118 valence electrons. The van der Waals surface area contributed by atoms with E-state index in [-0.39, 0.29) is 5.60 Å². The van der Waals surface area contributed by atoms with E-state index in [4.69, 9.17) is 14.2 Å². The Bertz CT molecular complexity index is 266. The van der Waals surface area contributed by atoms with E-state index in [2.05, 4.69) is 12.4 Å². The summed E-state index contributed by atoms with van der Waals surface area (Å²) in [7, 11) is 3.79. The molecule has 0 aromatic heterocycles. The Kier molecular flexibility index (Phi) is 6.75. The molecule has 1 spiro atoms. The first-order valence-electron chi connectivity index (χ1n) is 8.17. The van der Waals surface area contributed by atoms with E-state index in [1.807, 2.05) is 0 Å². The van der Waals surface area contributed by atoms with Gasteiger partial charge in [-0.1, -0.05) is 12.8 Å². The van der Waals surface area contributed by atoms with Crippen LogP contribution in [0.15, 0.2) is 0 Å². The lowest BCUT2D eigenvalue weighted by Gasteiger charge is -2.41. The van der Waals surface area contributed by atoms with Crippen LogP contribution in [0.2, 0.25) is 0 Å². The van der Waals surface area contributed by atoms with Gasteiger partial charge in [0, 0.05) is 26.4 Å². The summed E-state index contributed by atoms with van der Waals surface area (Å²) in [4.78, 5) is 0. The average molecular weight is 285 g/mol. The SMILES string of the molecule is CNC(CCOCCOC)C1CCOC2(CCCC2)C1. The van der Waals surface area contributed by atoms with Crippen LogP contribution in [0.25, 0.3) is 0 Å². The number of nitrogens with one attached hydrogen (secondary N) is 1. The molecule has 0 bridgehead atoms. The van der Waals surface area contributed by atoms with Crippen molar-refractivity contribution >= 4 is 0 Å². The van der Waals surface area contributed by atoms with Gasteiger partial charge in [0.05, 0.1) is 18.8 Å². The van der Waals surface area contributed by atoms with E-state index in [1.165, 1.54) is 38.5 Å². The lowest BCUT2D eigenvalue weighted by Crippen LogP contribution is -2.45. The van der Waals surface area contributed by atoms with Gasteiger partial charge in [-0.05, 0) is 45.1 Å². The summed E-state index contributed by atoms with van der Waals surface area (Å²) in [5.74, 6) is 0.734. The van der Waals surface area contributed by atoms with Gasteiger partial charge in [0.15, 0.2) is 0 Å². The Hall–Kier alpha value is -0.160. The molecule has 0 aromatic carbocycles. The van der Waals surface area contributed by atoms with Gasteiger partial charge in [0.2, 0.25) is 0 Å². The normalized spacial score (nSPS) is 27.0. The summed E-state index contributed by atoms with van der Waals surface area (Å²) in [5.41, 5.74) is 0.217. The Morgan fingerprint density at radius 2 is 2.05 bits per heavy atom. The van der Waals surface area contributed by atoms with Gasteiger partial charge in [0.1, 0.15) is 0 Å². The lowest BCUT2D eigenvalue weighted by molar-refractivity contribution is -0.0988. The van der Waals surface area contributed by atoms with Crippen LogP contribution in [0.4, 0.5) is 0 Å². The zero-order valence-electron chi connectivity index (χ0n) is 13.2. The van der Waals surface area contributed by atoms with Crippen molar-refractivity contribution in [3.05, 3.63) is 0 Å². The van der Waals surface area contributed by atoms with Crippen LogP contribution in [-0.2, 0) is 14.2 Å². The molecule has 2 rings (SSSR count). The maximum Gasteiger partial charge on any atom is 0.0700 e. The highest BCUT2D eigenvalue weighted by atomic mass is 16.5. The summed E-state index contributed by atoms with van der Waals surface area (Å²) in [6.07, 6.45) is 8.73. The van der Waals surface area contributed by atoms with Gasteiger partial charge in [0.25, 0.3) is 0 Å². The average Bonchev–Trinajstić information content (AvgIpc) is 2.91. The van der Waals surface area contributed by atoms with Crippen molar-refractivity contribution in [2.45, 2.75) is 56.6 Å². The Morgan fingerprint density at radius 1 is 1.25 bits per heavy atom. The maximum absolute atomic E-state index is 6.13. The standard InChI is InChI=1S/C16H31NO3/c1-17-15(6-9-19-12-11-18-2)14-5-10-20-16(13-14)7-3-4-8-16/h14-15,17H,3-13H2,1-2H3. The second-order valence-electron chi connectivity index (χ2n) is 6.28. The predicted octanol–water partition coefficient (Wildman–Crippen LogP) is 2.37. The van der Waals surface area contributed by atoms with Crippen LogP contribution in [0.1, 0.15) is 44.9 Å². The first-order valence-corrected chi connectivity index (χ1v) is 8.17. The number of hydrogen-bond acceptors (Lipinski definition) is 4. The van der Waals surface area contributed by atoms with Crippen molar-refractivity contribution in [3.63, 3.8) is 0 Å². The van der Waals surface area contributed by atoms with E-state index in [1.54, 1.807) is 7.11 Å². The fraction of sp³-hybridized carbons (Fsp3) is 1.00. The maximum atomic E-state index is 6.13. The first-order chi connectivity index (χ1) is 9.79.